The van der Waals surface area contributed by atoms with Crippen molar-refractivity contribution in [3.63, 3.8) is 0 Å². The number of amides is 1. The predicted molar refractivity (Wildman–Crippen MR) is 117 cm³/mol. The van der Waals surface area contributed by atoms with Gasteiger partial charge in [-0.1, -0.05) is 54.6 Å². The van der Waals surface area contributed by atoms with Gasteiger partial charge in [0.2, 0.25) is 5.91 Å². The largest absolute Gasteiger partial charge is 0.491 e. The molecule has 0 radical (unpaired) electrons. The number of benzene rings is 3. The SMILES string of the molecule is O=C(/C=C/c1cccc([N+](=O)[O-])c1)Nc1ccccc1OCCCc1ccccc1. The quantitative estimate of drug-likeness (QED) is 0.229. The van der Waals surface area contributed by atoms with E-state index >= 15 is 0 Å². The maximum absolute atomic E-state index is 12.3. The molecule has 1 amide bonds. The number of ether oxygens (including phenoxy) is 1. The monoisotopic (exact) mass is 402 g/mol. The Labute approximate surface area is 175 Å². The molecule has 3 aromatic carbocycles. The maximum Gasteiger partial charge on any atom is 0.270 e. The molecule has 3 rings (SSSR count). The third-order valence-electron chi connectivity index (χ3n) is 4.36. The van der Waals surface area contributed by atoms with E-state index < -0.39 is 4.92 Å². The molecule has 0 atom stereocenters. The molecule has 30 heavy (non-hydrogen) atoms. The van der Waals surface area contributed by atoms with Crippen LogP contribution < -0.4 is 10.1 Å². The zero-order valence-corrected chi connectivity index (χ0v) is 16.4. The second-order valence-electron chi connectivity index (χ2n) is 6.61. The molecule has 6 heteroatoms. The number of nitro benzene ring substituents is 1. The van der Waals surface area contributed by atoms with Gasteiger partial charge in [0, 0.05) is 18.2 Å². The van der Waals surface area contributed by atoms with Crippen molar-refractivity contribution in [1.82, 2.24) is 0 Å². The molecule has 1 N–H and O–H groups in total. The van der Waals surface area contributed by atoms with Crippen molar-refractivity contribution in [1.29, 1.82) is 0 Å². The first-order valence-corrected chi connectivity index (χ1v) is 9.61. The molecule has 152 valence electrons. The molecule has 0 heterocycles. The van der Waals surface area contributed by atoms with E-state index in [9.17, 15) is 14.9 Å². The first-order valence-electron chi connectivity index (χ1n) is 9.61. The number of rotatable bonds is 9. The van der Waals surface area contributed by atoms with Crippen molar-refractivity contribution >= 4 is 23.4 Å². The summed E-state index contributed by atoms with van der Waals surface area (Å²) in [6.45, 7) is 0.533. The first kappa shape index (κ1) is 20.8. The zero-order valence-electron chi connectivity index (χ0n) is 16.4. The Kier molecular flexibility index (Phi) is 7.33. The average molecular weight is 402 g/mol. The van der Waals surface area contributed by atoms with E-state index in [1.165, 1.54) is 29.8 Å². The molecule has 0 bridgehead atoms. The minimum atomic E-state index is -0.469. The van der Waals surface area contributed by atoms with Gasteiger partial charge in [-0.2, -0.15) is 0 Å². The van der Waals surface area contributed by atoms with Crippen LogP contribution in [0.3, 0.4) is 0 Å². The molecule has 0 saturated heterocycles. The molecule has 0 aromatic heterocycles. The molecule has 0 aliphatic rings. The van der Waals surface area contributed by atoms with Gasteiger partial charge in [0.1, 0.15) is 5.75 Å². The summed E-state index contributed by atoms with van der Waals surface area (Å²) in [4.78, 5) is 22.7. The molecule has 0 unspecified atom stereocenters. The Morgan fingerprint density at radius 3 is 2.57 bits per heavy atom. The van der Waals surface area contributed by atoms with E-state index in [2.05, 4.69) is 17.4 Å². The van der Waals surface area contributed by atoms with Crippen LogP contribution in [0.4, 0.5) is 11.4 Å². The average Bonchev–Trinajstić information content (AvgIpc) is 2.77. The minimum absolute atomic E-state index is 0.0215. The summed E-state index contributed by atoms with van der Waals surface area (Å²) in [7, 11) is 0. The van der Waals surface area contributed by atoms with Gasteiger partial charge >= 0.3 is 0 Å². The summed E-state index contributed by atoms with van der Waals surface area (Å²) in [5.41, 5.74) is 2.39. The van der Waals surface area contributed by atoms with E-state index in [1.54, 1.807) is 18.2 Å². The normalized spacial score (nSPS) is 10.7. The van der Waals surface area contributed by atoms with Crippen LogP contribution in [0.5, 0.6) is 5.75 Å². The Bertz CT molecular complexity index is 1030. The van der Waals surface area contributed by atoms with Crippen molar-refractivity contribution < 1.29 is 14.5 Å². The Balaban J connectivity index is 1.55. The summed E-state index contributed by atoms with van der Waals surface area (Å²) < 4.78 is 5.85. The third-order valence-corrected chi connectivity index (χ3v) is 4.36. The van der Waals surface area contributed by atoms with E-state index in [0.29, 0.717) is 23.6 Å². The second kappa shape index (κ2) is 10.6. The highest BCUT2D eigenvalue weighted by molar-refractivity contribution is 6.02. The number of nitrogens with one attached hydrogen (secondary N) is 1. The lowest BCUT2D eigenvalue weighted by molar-refractivity contribution is -0.384. The second-order valence-corrected chi connectivity index (χ2v) is 6.61. The van der Waals surface area contributed by atoms with Gasteiger partial charge in [-0.05, 0) is 42.2 Å². The van der Waals surface area contributed by atoms with E-state index in [4.69, 9.17) is 4.74 Å². The van der Waals surface area contributed by atoms with Gasteiger partial charge in [0.05, 0.1) is 17.2 Å². The van der Waals surface area contributed by atoms with Crippen LogP contribution in [0.15, 0.2) is 84.9 Å². The Morgan fingerprint density at radius 2 is 1.77 bits per heavy atom. The summed E-state index contributed by atoms with van der Waals surface area (Å²) >= 11 is 0. The highest BCUT2D eigenvalue weighted by atomic mass is 16.6. The summed E-state index contributed by atoms with van der Waals surface area (Å²) in [6.07, 6.45) is 4.65. The van der Waals surface area contributed by atoms with Gasteiger partial charge in [0.25, 0.3) is 5.69 Å². The van der Waals surface area contributed by atoms with E-state index in [1.807, 2.05) is 36.4 Å². The predicted octanol–water partition coefficient (Wildman–Crippen LogP) is 5.26. The van der Waals surface area contributed by atoms with Crippen molar-refractivity contribution in [2.75, 3.05) is 11.9 Å². The number of nitro groups is 1. The van der Waals surface area contributed by atoms with Crippen LogP contribution in [0.2, 0.25) is 0 Å². The van der Waals surface area contributed by atoms with Gasteiger partial charge in [-0.3, -0.25) is 14.9 Å². The highest BCUT2D eigenvalue weighted by Crippen LogP contribution is 2.24. The fourth-order valence-corrected chi connectivity index (χ4v) is 2.89. The lowest BCUT2D eigenvalue weighted by atomic mass is 10.1. The fourth-order valence-electron chi connectivity index (χ4n) is 2.89. The fraction of sp³-hybridized carbons (Fsp3) is 0.125. The van der Waals surface area contributed by atoms with Crippen LogP contribution in [0.1, 0.15) is 17.5 Å². The standard InChI is InChI=1S/C24H22N2O4/c27-24(16-15-20-10-6-12-21(18-20)26(28)29)25-22-13-4-5-14-23(22)30-17-7-11-19-8-2-1-3-9-19/h1-6,8-10,12-16,18H,7,11,17H2,(H,25,27)/b16-15+. The summed E-state index contributed by atoms with van der Waals surface area (Å²) in [5, 5.41) is 13.6. The Hall–Kier alpha value is -3.93. The van der Waals surface area contributed by atoms with Crippen LogP contribution >= 0.6 is 0 Å². The van der Waals surface area contributed by atoms with Crippen LogP contribution in [-0.2, 0) is 11.2 Å². The van der Waals surface area contributed by atoms with E-state index in [0.717, 1.165) is 12.8 Å². The molecule has 6 nitrogen and oxygen atoms in total. The zero-order chi connectivity index (χ0) is 21.2. The molecule has 0 aliphatic heterocycles. The first-order chi connectivity index (χ1) is 14.6. The molecule has 3 aromatic rings. The van der Waals surface area contributed by atoms with Crippen LogP contribution in [0.25, 0.3) is 6.08 Å². The molecule has 0 saturated carbocycles. The summed E-state index contributed by atoms with van der Waals surface area (Å²) in [5.74, 6) is 0.254. The number of anilines is 1. The molecule has 0 aliphatic carbocycles. The molecule has 0 spiro atoms. The lowest BCUT2D eigenvalue weighted by Gasteiger charge is -2.11. The topological polar surface area (TPSA) is 81.5 Å². The van der Waals surface area contributed by atoms with Gasteiger partial charge in [0.15, 0.2) is 0 Å². The number of para-hydroxylation sites is 2. The number of carbonyl (C=O) groups is 1. The van der Waals surface area contributed by atoms with Gasteiger partial charge in [-0.15, -0.1) is 0 Å². The molecular weight excluding hydrogens is 380 g/mol. The summed E-state index contributed by atoms with van der Waals surface area (Å²) in [6, 6.07) is 23.5. The van der Waals surface area contributed by atoms with Crippen molar-refractivity contribution in [3.8, 4) is 5.75 Å². The number of hydrogen-bond donors (Lipinski definition) is 1. The Morgan fingerprint density at radius 1 is 1.00 bits per heavy atom. The maximum atomic E-state index is 12.3. The lowest BCUT2D eigenvalue weighted by Crippen LogP contribution is -2.10. The number of carbonyl (C=O) groups excluding carboxylic acids is 1. The van der Waals surface area contributed by atoms with Crippen molar-refractivity contribution in [2.24, 2.45) is 0 Å². The number of aryl methyl sites for hydroxylation is 1. The number of non-ortho nitro benzene ring substituents is 1. The van der Waals surface area contributed by atoms with E-state index in [-0.39, 0.29) is 11.6 Å². The van der Waals surface area contributed by atoms with Gasteiger partial charge < -0.3 is 10.1 Å². The van der Waals surface area contributed by atoms with Crippen LogP contribution in [0, 0.1) is 10.1 Å². The van der Waals surface area contributed by atoms with Gasteiger partial charge in [-0.25, -0.2) is 0 Å². The van der Waals surface area contributed by atoms with Crippen molar-refractivity contribution in [2.45, 2.75) is 12.8 Å². The molecular formula is C24H22N2O4. The number of hydrogen-bond acceptors (Lipinski definition) is 4. The van der Waals surface area contributed by atoms with Crippen molar-refractivity contribution in [3.05, 3.63) is 106 Å². The number of nitrogens with zero attached hydrogens (tertiary/aromatic N) is 1. The van der Waals surface area contributed by atoms with Crippen LogP contribution in [-0.4, -0.2) is 17.4 Å². The third kappa shape index (κ3) is 6.31. The smallest absolute Gasteiger partial charge is 0.270 e. The highest BCUT2D eigenvalue weighted by Gasteiger charge is 2.07. The minimum Gasteiger partial charge on any atom is -0.491 e. The molecule has 0 fully saturated rings.